The molecule has 4 rings (SSSR count). The van der Waals surface area contributed by atoms with Crippen LogP contribution in [0.25, 0.3) is 0 Å². The highest BCUT2D eigenvalue weighted by molar-refractivity contribution is 5.73. The van der Waals surface area contributed by atoms with Crippen LogP contribution in [0.5, 0.6) is 0 Å². The Balaban J connectivity index is 1.61. The van der Waals surface area contributed by atoms with Crippen molar-refractivity contribution in [3.05, 3.63) is 0 Å². The van der Waals surface area contributed by atoms with E-state index in [1.165, 1.54) is 26.2 Å². The Hall–Kier alpha value is -0.860. The fraction of sp³-hybridized carbons (Fsp3) is 0.867. The molecule has 4 fully saturated rings. The molecule has 98 valence electrons. The fourth-order valence-electron chi connectivity index (χ4n) is 6.23. The number of methoxy groups -OCH3 is 1. The van der Waals surface area contributed by atoms with E-state index < -0.39 is 0 Å². The molecular weight excluding hydrogens is 228 g/mol. The predicted molar refractivity (Wildman–Crippen MR) is 64.5 cm³/mol. The molecule has 0 N–H and O–H groups in total. The van der Waals surface area contributed by atoms with E-state index in [4.69, 9.17) is 4.74 Å². The van der Waals surface area contributed by atoms with Crippen molar-refractivity contribution in [1.82, 2.24) is 0 Å². The average Bonchev–Trinajstić information content (AvgIpc) is 3.12. The van der Waals surface area contributed by atoms with Crippen molar-refractivity contribution in [3.63, 3.8) is 0 Å². The lowest BCUT2D eigenvalue weighted by Gasteiger charge is -2.39. The largest absolute Gasteiger partial charge is 0.469 e. The van der Waals surface area contributed by atoms with Crippen molar-refractivity contribution in [3.8, 4) is 0 Å². The molecule has 4 bridgehead atoms. The van der Waals surface area contributed by atoms with Gasteiger partial charge in [0.15, 0.2) is 0 Å². The van der Waals surface area contributed by atoms with Crippen molar-refractivity contribution in [2.24, 2.45) is 47.3 Å². The van der Waals surface area contributed by atoms with Gasteiger partial charge in [-0.05, 0) is 61.2 Å². The summed E-state index contributed by atoms with van der Waals surface area (Å²) in [6, 6.07) is 0. The van der Waals surface area contributed by atoms with Crippen LogP contribution in [0.2, 0.25) is 0 Å². The van der Waals surface area contributed by atoms with Gasteiger partial charge in [-0.1, -0.05) is 0 Å². The third kappa shape index (κ3) is 1.16. The zero-order valence-corrected chi connectivity index (χ0v) is 10.7. The quantitative estimate of drug-likeness (QED) is 0.426. The molecule has 0 aliphatic heterocycles. The zero-order valence-electron chi connectivity index (χ0n) is 10.7. The molecule has 0 aromatic rings. The van der Waals surface area contributed by atoms with Crippen molar-refractivity contribution in [1.29, 1.82) is 0 Å². The summed E-state index contributed by atoms with van der Waals surface area (Å²) in [5.74, 6) is 4.61. The van der Waals surface area contributed by atoms with Gasteiger partial charge >= 0.3 is 5.97 Å². The third-order valence-electron chi connectivity index (χ3n) is 6.55. The van der Waals surface area contributed by atoms with E-state index in [1.807, 2.05) is 0 Å². The Morgan fingerprint density at radius 1 is 1.06 bits per heavy atom. The number of carbonyl (C=O) groups is 2. The summed E-state index contributed by atoms with van der Waals surface area (Å²) in [6.07, 6.45) is 5.78. The number of rotatable bonds is 2. The van der Waals surface area contributed by atoms with Crippen LogP contribution in [0.15, 0.2) is 0 Å². The number of ether oxygens (including phenoxy) is 1. The normalized spacial score (nSPS) is 55.6. The smallest absolute Gasteiger partial charge is 0.308 e. The summed E-state index contributed by atoms with van der Waals surface area (Å²) in [5.41, 5.74) is 0. The minimum atomic E-state index is 0.00987. The van der Waals surface area contributed by atoms with Gasteiger partial charge in [0.1, 0.15) is 6.29 Å². The molecule has 8 unspecified atom stereocenters. The van der Waals surface area contributed by atoms with Crippen LogP contribution in [-0.2, 0) is 14.3 Å². The average molecular weight is 248 g/mol. The highest BCUT2D eigenvalue weighted by atomic mass is 16.5. The molecule has 3 heteroatoms. The predicted octanol–water partition coefficient (Wildman–Crippen LogP) is 1.90. The van der Waals surface area contributed by atoms with Gasteiger partial charge in [0.2, 0.25) is 0 Å². The van der Waals surface area contributed by atoms with Crippen LogP contribution in [0, 0.1) is 47.3 Å². The molecule has 0 spiro atoms. The van der Waals surface area contributed by atoms with E-state index in [0.717, 1.165) is 30.6 Å². The van der Waals surface area contributed by atoms with Gasteiger partial charge < -0.3 is 9.53 Å². The van der Waals surface area contributed by atoms with Crippen LogP contribution in [0.4, 0.5) is 0 Å². The van der Waals surface area contributed by atoms with Crippen molar-refractivity contribution in [2.45, 2.75) is 25.7 Å². The molecule has 0 aromatic carbocycles. The molecule has 18 heavy (non-hydrogen) atoms. The molecule has 0 radical (unpaired) electrons. The number of aldehydes is 1. The summed E-state index contributed by atoms with van der Waals surface area (Å²) in [7, 11) is 1.51. The summed E-state index contributed by atoms with van der Waals surface area (Å²) in [5, 5.41) is 0. The molecule has 4 aliphatic carbocycles. The van der Waals surface area contributed by atoms with E-state index in [-0.39, 0.29) is 11.9 Å². The van der Waals surface area contributed by atoms with Gasteiger partial charge in [0.25, 0.3) is 0 Å². The Morgan fingerprint density at radius 2 is 1.72 bits per heavy atom. The maximum Gasteiger partial charge on any atom is 0.308 e. The second-order valence-corrected chi connectivity index (χ2v) is 6.87. The number of hydrogen-bond donors (Lipinski definition) is 0. The van der Waals surface area contributed by atoms with Crippen molar-refractivity contribution in [2.75, 3.05) is 7.11 Å². The van der Waals surface area contributed by atoms with Gasteiger partial charge in [0, 0.05) is 5.92 Å². The lowest BCUT2D eigenvalue weighted by atomic mass is 9.65. The van der Waals surface area contributed by atoms with E-state index in [9.17, 15) is 9.59 Å². The summed E-state index contributed by atoms with van der Waals surface area (Å²) >= 11 is 0. The topological polar surface area (TPSA) is 43.4 Å². The molecule has 0 aromatic heterocycles. The molecule has 0 amide bonds. The maximum absolute atomic E-state index is 11.8. The molecule has 4 saturated carbocycles. The first-order valence-electron chi connectivity index (χ1n) is 7.27. The number of esters is 1. The molecule has 3 nitrogen and oxygen atoms in total. The second-order valence-electron chi connectivity index (χ2n) is 6.87. The number of fused-ring (bicyclic) bond motifs is 9. The molecule has 8 atom stereocenters. The Labute approximate surface area is 107 Å². The summed E-state index contributed by atoms with van der Waals surface area (Å²) in [4.78, 5) is 23.0. The highest BCUT2D eigenvalue weighted by Crippen LogP contribution is 2.69. The van der Waals surface area contributed by atoms with E-state index in [1.54, 1.807) is 0 Å². The van der Waals surface area contributed by atoms with E-state index in [0.29, 0.717) is 23.7 Å². The minimum absolute atomic E-state index is 0.00987. The first-order valence-corrected chi connectivity index (χ1v) is 7.27. The maximum atomic E-state index is 11.8. The summed E-state index contributed by atoms with van der Waals surface area (Å²) < 4.78 is 4.96. The monoisotopic (exact) mass is 248 g/mol. The first kappa shape index (κ1) is 11.0. The lowest BCUT2D eigenvalue weighted by molar-refractivity contribution is -0.149. The lowest BCUT2D eigenvalue weighted by Crippen LogP contribution is -2.38. The van der Waals surface area contributed by atoms with Crippen LogP contribution in [0.3, 0.4) is 0 Å². The molecule has 4 aliphatic rings. The van der Waals surface area contributed by atoms with Crippen LogP contribution < -0.4 is 0 Å². The third-order valence-corrected chi connectivity index (χ3v) is 6.55. The van der Waals surface area contributed by atoms with E-state index in [2.05, 4.69) is 0 Å². The highest BCUT2D eigenvalue weighted by Gasteiger charge is 2.65. The van der Waals surface area contributed by atoms with Crippen LogP contribution >= 0.6 is 0 Å². The van der Waals surface area contributed by atoms with Crippen LogP contribution in [0.1, 0.15) is 25.7 Å². The Kier molecular flexibility index (Phi) is 2.19. The standard InChI is InChI=1S/C15H20O3/c1-18-15(17)12-5-8-4-11(12)14-7-2-9(6-16)10(3-7)13(8)14/h6-14H,2-5H2,1H3. The Morgan fingerprint density at radius 3 is 2.44 bits per heavy atom. The van der Waals surface area contributed by atoms with Gasteiger partial charge in [-0.2, -0.15) is 0 Å². The first-order chi connectivity index (χ1) is 8.74. The fourth-order valence-corrected chi connectivity index (χ4v) is 6.23. The van der Waals surface area contributed by atoms with Crippen molar-refractivity contribution >= 4 is 12.3 Å². The SMILES string of the molecule is COC(=O)C1CC2CC1C1C3CC(C=O)C(C3)C21. The molecular formula is C15H20O3. The zero-order chi connectivity index (χ0) is 12.4. The van der Waals surface area contributed by atoms with Gasteiger partial charge in [-0.25, -0.2) is 0 Å². The van der Waals surface area contributed by atoms with Gasteiger partial charge in [-0.3, -0.25) is 4.79 Å². The van der Waals surface area contributed by atoms with Gasteiger partial charge in [0.05, 0.1) is 13.0 Å². The summed E-state index contributed by atoms with van der Waals surface area (Å²) in [6.45, 7) is 0. The number of carbonyl (C=O) groups excluding carboxylic acids is 2. The Bertz CT molecular complexity index is 405. The second kappa shape index (κ2) is 3.58. The van der Waals surface area contributed by atoms with Crippen molar-refractivity contribution < 1.29 is 14.3 Å². The van der Waals surface area contributed by atoms with E-state index >= 15 is 0 Å². The number of hydrogen-bond acceptors (Lipinski definition) is 3. The molecule has 0 heterocycles. The molecule has 0 saturated heterocycles. The van der Waals surface area contributed by atoms with Crippen LogP contribution in [-0.4, -0.2) is 19.4 Å². The van der Waals surface area contributed by atoms with Gasteiger partial charge in [-0.15, -0.1) is 0 Å². The minimum Gasteiger partial charge on any atom is -0.469 e.